The van der Waals surface area contributed by atoms with E-state index in [9.17, 15) is 5.11 Å². The van der Waals surface area contributed by atoms with E-state index >= 15 is 0 Å². The van der Waals surface area contributed by atoms with E-state index in [2.05, 4.69) is 32.6 Å². The topological polar surface area (TPSA) is 23.5 Å². The lowest BCUT2D eigenvalue weighted by Crippen LogP contribution is -2.62. The van der Waals surface area contributed by atoms with Gasteiger partial charge in [-0.2, -0.15) is 0 Å². The maximum Gasteiger partial charge on any atom is 0.0819 e. The van der Waals surface area contributed by atoms with Gasteiger partial charge in [0, 0.05) is 5.54 Å². The van der Waals surface area contributed by atoms with Gasteiger partial charge in [0.15, 0.2) is 0 Å². The summed E-state index contributed by atoms with van der Waals surface area (Å²) in [5.41, 5.74) is -0.744. The Kier molecular flexibility index (Phi) is 3.83. The molecule has 2 nitrogen and oxygen atoms in total. The Hall–Kier alpha value is -0.0800. The number of hydrogen-bond donors (Lipinski definition) is 1. The first-order valence-electron chi connectivity index (χ1n) is 6.27. The van der Waals surface area contributed by atoms with Gasteiger partial charge in [0.1, 0.15) is 0 Å². The van der Waals surface area contributed by atoms with E-state index < -0.39 is 5.60 Å². The normalized spacial score (nSPS) is 24.2. The van der Waals surface area contributed by atoms with Crippen molar-refractivity contribution in [2.45, 2.75) is 65.0 Å². The van der Waals surface area contributed by atoms with Gasteiger partial charge in [0.2, 0.25) is 0 Å². The van der Waals surface area contributed by atoms with Gasteiger partial charge in [-0.25, -0.2) is 0 Å². The van der Waals surface area contributed by atoms with Crippen molar-refractivity contribution >= 4 is 0 Å². The van der Waals surface area contributed by atoms with Crippen LogP contribution in [0, 0.1) is 5.92 Å². The Labute approximate surface area is 94.7 Å². The number of rotatable bonds is 3. The number of aliphatic hydroxyl groups is 1. The standard InChI is InChI=1S/C13H27NO/c1-11(2)13(5,15)12(3,4)14-9-7-6-8-10-14/h11,15H,6-10H2,1-5H3. The first-order chi connectivity index (χ1) is 6.80. The second kappa shape index (κ2) is 4.42. The second-order valence-electron chi connectivity index (χ2n) is 5.91. The molecule has 1 atom stereocenters. The van der Waals surface area contributed by atoms with E-state index in [0.29, 0.717) is 0 Å². The van der Waals surface area contributed by atoms with Crippen LogP contribution in [-0.2, 0) is 0 Å². The molecule has 1 fully saturated rings. The number of hydrogen-bond acceptors (Lipinski definition) is 2. The molecular formula is C13H27NO. The van der Waals surface area contributed by atoms with Gasteiger partial charge in [0.05, 0.1) is 5.60 Å². The molecular weight excluding hydrogens is 186 g/mol. The highest BCUT2D eigenvalue weighted by Crippen LogP contribution is 2.35. The lowest BCUT2D eigenvalue weighted by molar-refractivity contribution is -0.118. The van der Waals surface area contributed by atoms with Crippen LogP contribution in [0.5, 0.6) is 0 Å². The molecule has 1 aliphatic heterocycles. The minimum absolute atomic E-state index is 0.123. The lowest BCUT2D eigenvalue weighted by atomic mass is 9.74. The summed E-state index contributed by atoms with van der Waals surface area (Å²) in [7, 11) is 0. The highest BCUT2D eigenvalue weighted by Gasteiger charge is 2.45. The highest BCUT2D eigenvalue weighted by atomic mass is 16.3. The Balaban J connectivity index is 2.79. The first-order valence-corrected chi connectivity index (χ1v) is 6.27. The molecule has 0 aromatic rings. The molecule has 1 unspecified atom stereocenters. The summed E-state index contributed by atoms with van der Waals surface area (Å²) in [6, 6.07) is 0. The molecule has 0 radical (unpaired) electrons. The Bertz CT molecular complexity index is 203. The van der Waals surface area contributed by atoms with E-state index in [-0.39, 0.29) is 11.5 Å². The van der Waals surface area contributed by atoms with E-state index in [4.69, 9.17) is 0 Å². The zero-order valence-corrected chi connectivity index (χ0v) is 11.0. The van der Waals surface area contributed by atoms with Crippen LogP contribution in [0.15, 0.2) is 0 Å². The summed E-state index contributed by atoms with van der Waals surface area (Å²) < 4.78 is 0. The highest BCUT2D eigenvalue weighted by molar-refractivity contribution is 5.00. The summed E-state index contributed by atoms with van der Waals surface area (Å²) in [6.07, 6.45) is 3.89. The van der Waals surface area contributed by atoms with Crippen LogP contribution in [0.3, 0.4) is 0 Å². The van der Waals surface area contributed by atoms with E-state index in [0.717, 1.165) is 13.1 Å². The molecule has 0 aromatic carbocycles. The Morgan fingerprint density at radius 1 is 1.00 bits per heavy atom. The van der Waals surface area contributed by atoms with E-state index in [1.807, 2.05) is 6.92 Å². The van der Waals surface area contributed by atoms with Gasteiger partial charge >= 0.3 is 0 Å². The van der Waals surface area contributed by atoms with Crippen LogP contribution in [0.1, 0.15) is 53.9 Å². The zero-order chi connectivity index (χ0) is 11.7. The molecule has 0 spiro atoms. The minimum Gasteiger partial charge on any atom is -0.388 e. The molecule has 1 aliphatic rings. The Morgan fingerprint density at radius 2 is 1.47 bits per heavy atom. The fourth-order valence-corrected chi connectivity index (χ4v) is 2.48. The molecule has 1 rings (SSSR count). The zero-order valence-electron chi connectivity index (χ0n) is 11.0. The fourth-order valence-electron chi connectivity index (χ4n) is 2.48. The van der Waals surface area contributed by atoms with Gasteiger partial charge in [-0.15, -0.1) is 0 Å². The Morgan fingerprint density at radius 3 is 1.87 bits per heavy atom. The van der Waals surface area contributed by atoms with E-state index in [1.54, 1.807) is 0 Å². The number of piperidine rings is 1. The maximum atomic E-state index is 10.6. The molecule has 0 aliphatic carbocycles. The molecule has 0 saturated carbocycles. The third-order valence-corrected chi connectivity index (χ3v) is 4.51. The van der Waals surface area contributed by atoms with Gasteiger partial charge in [-0.05, 0) is 52.6 Å². The van der Waals surface area contributed by atoms with Crippen molar-refractivity contribution in [1.82, 2.24) is 4.90 Å². The van der Waals surface area contributed by atoms with Crippen LogP contribution in [0.4, 0.5) is 0 Å². The summed E-state index contributed by atoms with van der Waals surface area (Å²) in [4.78, 5) is 2.45. The second-order valence-corrected chi connectivity index (χ2v) is 5.91. The molecule has 0 aromatic heterocycles. The van der Waals surface area contributed by atoms with Crippen LogP contribution < -0.4 is 0 Å². The van der Waals surface area contributed by atoms with Gasteiger partial charge in [0.25, 0.3) is 0 Å². The molecule has 90 valence electrons. The van der Waals surface area contributed by atoms with Crippen molar-refractivity contribution in [2.75, 3.05) is 13.1 Å². The van der Waals surface area contributed by atoms with Crippen molar-refractivity contribution in [2.24, 2.45) is 5.92 Å². The predicted octanol–water partition coefficient (Wildman–Crippen LogP) is 2.66. The average Bonchev–Trinajstić information content (AvgIpc) is 2.18. The lowest BCUT2D eigenvalue weighted by Gasteiger charge is -2.51. The number of nitrogens with zero attached hydrogens (tertiary/aromatic N) is 1. The maximum absolute atomic E-state index is 10.6. The third-order valence-electron chi connectivity index (χ3n) is 4.51. The van der Waals surface area contributed by atoms with Crippen molar-refractivity contribution in [3.63, 3.8) is 0 Å². The van der Waals surface area contributed by atoms with Crippen molar-refractivity contribution < 1.29 is 5.11 Å². The van der Waals surface area contributed by atoms with Crippen molar-refractivity contribution in [1.29, 1.82) is 0 Å². The summed E-state index contributed by atoms with van der Waals surface area (Å²) >= 11 is 0. The molecule has 0 amide bonds. The molecule has 1 heterocycles. The summed E-state index contributed by atoms with van der Waals surface area (Å²) in [5, 5.41) is 10.6. The van der Waals surface area contributed by atoms with Crippen LogP contribution >= 0.6 is 0 Å². The molecule has 0 bridgehead atoms. The molecule has 1 saturated heterocycles. The van der Waals surface area contributed by atoms with Crippen molar-refractivity contribution in [3.05, 3.63) is 0 Å². The fraction of sp³-hybridized carbons (Fsp3) is 1.00. The van der Waals surface area contributed by atoms with Gasteiger partial charge in [-0.1, -0.05) is 20.3 Å². The average molecular weight is 213 g/mol. The molecule has 2 heteroatoms. The summed E-state index contributed by atoms with van der Waals surface area (Å²) in [6.45, 7) is 12.8. The summed E-state index contributed by atoms with van der Waals surface area (Å²) in [5.74, 6) is 0.287. The SMILES string of the molecule is CC(C)C(C)(O)C(C)(C)N1CCCCC1. The number of likely N-dealkylation sites (tertiary alicyclic amines) is 1. The predicted molar refractivity (Wildman–Crippen MR) is 65.0 cm³/mol. The van der Waals surface area contributed by atoms with Gasteiger partial charge < -0.3 is 5.11 Å². The smallest absolute Gasteiger partial charge is 0.0819 e. The molecule has 1 N–H and O–H groups in total. The van der Waals surface area contributed by atoms with Crippen LogP contribution in [0.25, 0.3) is 0 Å². The van der Waals surface area contributed by atoms with Gasteiger partial charge in [-0.3, -0.25) is 4.90 Å². The van der Waals surface area contributed by atoms with E-state index in [1.165, 1.54) is 19.3 Å². The van der Waals surface area contributed by atoms with Crippen molar-refractivity contribution in [3.8, 4) is 0 Å². The largest absolute Gasteiger partial charge is 0.388 e. The third kappa shape index (κ3) is 2.36. The first kappa shape index (κ1) is 13.0. The minimum atomic E-state index is -0.621. The van der Waals surface area contributed by atoms with Crippen LogP contribution in [0.2, 0.25) is 0 Å². The quantitative estimate of drug-likeness (QED) is 0.779. The monoisotopic (exact) mass is 213 g/mol. The molecule has 15 heavy (non-hydrogen) atoms. The van der Waals surface area contributed by atoms with Crippen LogP contribution in [-0.4, -0.2) is 34.2 Å².